The van der Waals surface area contributed by atoms with Crippen LogP contribution in [0.5, 0.6) is 5.75 Å². The molecule has 0 N–H and O–H groups in total. The Hall–Kier alpha value is -1.63. The molecular weight excluding hydrogens is 246 g/mol. The number of sulfone groups is 1. The Balaban J connectivity index is 2.19. The van der Waals surface area contributed by atoms with Gasteiger partial charge in [-0.15, -0.1) is 0 Å². The summed E-state index contributed by atoms with van der Waals surface area (Å²) in [6.07, 6.45) is 1.09. The molecule has 1 aromatic rings. The largest absolute Gasteiger partial charge is 0.489 e. The Morgan fingerprint density at radius 3 is 2.82 bits per heavy atom. The number of non-ortho nitro benzene ring substituents is 1. The summed E-state index contributed by atoms with van der Waals surface area (Å²) < 4.78 is 27.7. The van der Waals surface area contributed by atoms with Gasteiger partial charge in [-0.2, -0.15) is 0 Å². The third kappa shape index (κ3) is 2.73. The van der Waals surface area contributed by atoms with Gasteiger partial charge in [-0.25, -0.2) is 8.42 Å². The van der Waals surface area contributed by atoms with E-state index in [9.17, 15) is 18.5 Å². The fourth-order valence-corrected chi connectivity index (χ4v) is 2.71. The number of hydrogen-bond donors (Lipinski definition) is 0. The zero-order valence-electron chi connectivity index (χ0n) is 9.12. The third-order valence-electron chi connectivity index (χ3n) is 2.48. The van der Waals surface area contributed by atoms with E-state index < -0.39 is 20.9 Å². The van der Waals surface area contributed by atoms with Gasteiger partial charge in [0.1, 0.15) is 11.9 Å². The highest BCUT2D eigenvalue weighted by Gasteiger charge is 2.27. The van der Waals surface area contributed by atoms with Crippen molar-refractivity contribution in [2.24, 2.45) is 0 Å². The van der Waals surface area contributed by atoms with Crippen molar-refractivity contribution in [1.29, 1.82) is 0 Å². The van der Waals surface area contributed by atoms with Gasteiger partial charge in [0.15, 0.2) is 9.84 Å². The van der Waals surface area contributed by atoms with Crippen LogP contribution < -0.4 is 4.74 Å². The standard InChI is InChI=1S/C10H11NO5S/c1-17(14,15)6-9-5-7-4-8(11(12)13)2-3-10(7)16-9/h2-4,9H,5-6H2,1H3. The van der Waals surface area contributed by atoms with Crippen molar-refractivity contribution in [3.05, 3.63) is 33.9 Å². The monoisotopic (exact) mass is 257 g/mol. The summed E-state index contributed by atoms with van der Waals surface area (Å²) in [5, 5.41) is 10.6. The van der Waals surface area contributed by atoms with E-state index in [1.165, 1.54) is 18.2 Å². The van der Waals surface area contributed by atoms with Crippen LogP contribution in [0.4, 0.5) is 5.69 Å². The van der Waals surface area contributed by atoms with Crippen LogP contribution in [0, 0.1) is 10.1 Å². The van der Waals surface area contributed by atoms with E-state index >= 15 is 0 Å². The maximum absolute atomic E-state index is 11.1. The number of nitrogens with zero attached hydrogens (tertiary/aromatic N) is 1. The lowest BCUT2D eigenvalue weighted by Crippen LogP contribution is -2.24. The second-order valence-corrected chi connectivity index (χ2v) is 6.27. The Morgan fingerprint density at radius 1 is 1.53 bits per heavy atom. The number of fused-ring (bicyclic) bond motifs is 1. The van der Waals surface area contributed by atoms with E-state index in [4.69, 9.17) is 4.74 Å². The normalized spacial score (nSPS) is 18.5. The van der Waals surface area contributed by atoms with Crippen molar-refractivity contribution < 1.29 is 18.1 Å². The first-order valence-electron chi connectivity index (χ1n) is 4.97. The van der Waals surface area contributed by atoms with Crippen LogP contribution in [0.2, 0.25) is 0 Å². The van der Waals surface area contributed by atoms with E-state index in [2.05, 4.69) is 0 Å². The molecule has 0 saturated carbocycles. The minimum absolute atomic E-state index is 0.00708. The SMILES string of the molecule is CS(=O)(=O)CC1Cc2cc([N+](=O)[O-])ccc2O1. The first kappa shape index (κ1) is 11.8. The van der Waals surface area contributed by atoms with E-state index in [-0.39, 0.29) is 11.4 Å². The van der Waals surface area contributed by atoms with Crippen LogP contribution >= 0.6 is 0 Å². The van der Waals surface area contributed by atoms with Crippen LogP contribution in [0.15, 0.2) is 18.2 Å². The molecule has 0 spiro atoms. The molecule has 1 heterocycles. The molecule has 0 aromatic heterocycles. The number of rotatable bonds is 3. The molecule has 92 valence electrons. The second-order valence-electron chi connectivity index (χ2n) is 4.09. The quantitative estimate of drug-likeness (QED) is 0.594. The summed E-state index contributed by atoms with van der Waals surface area (Å²) in [6.45, 7) is 0. The fourth-order valence-electron chi connectivity index (χ4n) is 1.85. The van der Waals surface area contributed by atoms with Gasteiger partial charge in [0.25, 0.3) is 5.69 Å². The Kier molecular flexibility index (Phi) is 2.78. The van der Waals surface area contributed by atoms with Crippen LogP contribution in [0.25, 0.3) is 0 Å². The molecule has 0 fully saturated rings. The summed E-state index contributed by atoms with van der Waals surface area (Å²) in [5.41, 5.74) is 0.681. The molecule has 0 saturated heterocycles. The van der Waals surface area contributed by atoms with Crippen LogP contribution in [0.3, 0.4) is 0 Å². The number of hydrogen-bond acceptors (Lipinski definition) is 5. The average Bonchev–Trinajstić information content (AvgIpc) is 2.54. The Labute approximate surface area is 98.3 Å². The van der Waals surface area contributed by atoms with Gasteiger partial charge in [-0.3, -0.25) is 10.1 Å². The zero-order chi connectivity index (χ0) is 12.6. The zero-order valence-corrected chi connectivity index (χ0v) is 9.94. The van der Waals surface area contributed by atoms with Crippen molar-refractivity contribution in [3.63, 3.8) is 0 Å². The summed E-state index contributed by atoms with van der Waals surface area (Å²) in [5.74, 6) is 0.458. The molecule has 2 rings (SSSR count). The molecule has 17 heavy (non-hydrogen) atoms. The smallest absolute Gasteiger partial charge is 0.269 e. The molecule has 0 radical (unpaired) electrons. The lowest BCUT2D eigenvalue weighted by atomic mass is 10.1. The maximum atomic E-state index is 11.1. The molecule has 1 aliphatic heterocycles. The highest BCUT2D eigenvalue weighted by molar-refractivity contribution is 7.90. The molecule has 1 atom stereocenters. The molecule has 0 aliphatic carbocycles. The summed E-state index contributed by atoms with van der Waals surface area (Å²) in [4.78, 5) is 10.1. The molecular formula is C10H11NO5S. The van der Waals surface area contributed by atoms with Crippen molar-refractivity contribution >= 4 is 15.5 Å². The van der Waals surface area contributed by atoms with Crippen molar-refractivity contribution in [1.82, 2.24) is 0 Å². The fraction of sp³-hybridized carbons (Fsp3) is 0.400. The molecule has 6 nitrogen and oxygen atoms in total. The van der Waals surface area contributed by atoms with Crippen LogP contribution in [-0.4, -0.2) is 31.5 Å². The first-order valence-corrected chi connectivity index (χ1v) is 7.03. The predicted octanol–water partition coefficient (Wildman–Crippen LogP) is 0.943. The number of benzene rings is 1. The second kappa shape index (κ2) is 3.99. The molecule has 1 unspecified atom stereocenters. The number of nitro groups is 1. The summed E-state index contributed by atoms with van der Waals surface area (Å²) in [6, 6.07) is 4.29. The molecule has 1 aliphatic rings. The first-order chi connectivity index (χ1) is 7.85. The maximum Gasteiger partial charge on any atom is 0.269 e. The molecule has 1 aromatic carbocycles. The lowest BCUT2D eigenvalue weighted by Gasteiger charge is -2.08. The van der Waals surface area contributed by atoms with Gasteiger partial charge in [0.05, 0.1) is 10.7 Å². The van der Waals surface area contributed by atoms with E-state index in [1.54, 1.807) is 0 Å². The van der Waals surface area contributed by atoms with Crippen molar-refractivity contribution in [2.45, 2.75) is 12.5 Å². The highest BCUT2D eigenvalue weighted by Crippen LogP contribution is 2.32. The summed E-state index contributed by atoms with van der Waals surface area (Å²) in [7, 11) is -3.11. The topological polar surface area (TPSA) is 86.5 Å². The van der Waals surface area contributed by atoms with E-state index in [0.717, 1.165) is 6.26 Å². The molecule has 7 heteroatoms. The van der Waals surface area contributed by atoms with Gasteiger partial charge in [0, 0.05) is 30.4 Å². The molecule has 0 bridgehead atoms. The van der Waals surface area contributed by atoms with Gasteiger partial charge in [-0.05, 0) is 6.07 Å². The predicted molar refractivity (Wildman–Crippen MR) is 60.9 cm³/mol. The van der Waals surface area contributed by atoms with Crippen LogP contribution in [0.1, 0.15) is 5.56 Å². The van der Waals surface area contributed by atoms with E-state index in [0.29, 0.717) is 17.7 Å². The van der Waals surface area contributed by atoms with Gasteiger partial charge in [0.2, 0.25) is 0 Å². The molecule has 0 amide bonds. The van der Waals surface area contributed by atoms with Crippen molar-refractivity contribution in [3.8, 4) is 5.75 Å². The highest BCUT2D eigenvalue weighted by atomic mass is 32.2. The number of nitro benzene ring substituents is 1. The van der Waals surface area contributed by atoms with Crippen molar-refractivity contribution in [2.75, 3.05) is 12.0 Å². The Morgan fingerprint density at radius 2 is 2.24 bits per heavy atom. The third-order valence-corrected chi connectivity index (χ3v) is 3.46. The van der Waals surface area contributed by atoms with Gasteiger partial charge < -0.3 is 4.74 Å². The van der Waals surface area contributed by atoms with Gasteiger partial charge in [-0.1, -0.05) is 0 Å². The van der Waals surface area contributed by atoms with E-state index in [1.807, 2.05) is 0 Å². The average molecular weight is 257 g/mol. The lowest BCUT2D eigenvalue weighted by molar-refractivity contribution is -0.384. The minimum atomic E-state index is -3.11. The number of ether oxygens (including phenoxy) is 1. The summed E-state index contributed by atoms with van der Waals surface area (Å²) >= 11 is 0. The Bertz CT molecular complexity index is 566. The van der Waals surface area contributed by atoms with Crippen LogP contribution in [-0.2, 0) is 16.3 Å². The minimum Gasteiger partial charge on any atom is -0.489 e. The van der Waals surface area contributed by atoms with Gasteiger partial charge >= 0.3 is 0 Å².